The van der Waals surface area contributed by atoms with Gasteiger partial charge in [-0.1, -0.05) is 30.2 Å². The molecule has 15 heteroatoms. The number of nitrogens with zero attached hydrogens (tertiary/aromatic N) is 4. The van der Waals surface area contributed by atoms with Gasteiger partial charge in [-0.25, -0.2) is 14.6 Å². The molecule has 0 radical (unpaired) electrons. The minimum atomic E-state index is -1.51. The maximum atomic E-state index is 14.4. The molecule has 1 aliphatic heterocycles. The van der Waals surface area contributed by atoms with Crippen LogP contribution in [-0.2, 0) is 19.1 Å². The minimum absolute atomic E-state index is 0.0277. The number of unbranched alkanes of at least 4 members (excludes halogenated alkanes) is 3. The summed E-state index contributed by atoms with van der Waals surface area (Å²) in [6.07, 6.45) is 5.48. The zero-order chi connectivity index (χ0) is 36.2. The quantitative estimate of drug-likeness (QED) is 0.140. The Morgan fingerprint density at radius 1 is 1.22 bits per heavy atom. The normalized spacial score (nSPS) is 22.1. The van der Waals surface area contributed by atoms with E-state index in [0.717, 1.165) is 19.3 Å². The van der Waals surface area contributed by atoms with Gasteiger partial charge in [-0.05, 0) is 64.8 Å². The number of carboxylic acid groups (broad SMARTS) is 1. The van der Waals surface area contributed by atoms with E-state index in [0.29, 0.717) is 34.5 Å². The lowest BCUT2D eigenvalue weighted by Crippen LogP contribution is -2.56. The zero-order valence-electron chi connectivity index (χ0n) is 28.8. The molecule has 3 N–H and O–H groups in total. The van der Waals surface area contributed by atoms with E-state index in [-0.39, 0.29) is 31.1 Å². The number of rotatable bonds is 15. The van der Waals surface area contributed by atoms with Crippen molar-refractivity contribution in [3.63, 3.8) is 0 Å². The lowest BCUT2D eigenvalue weighted by Gasteiger charge is -2.30. The molecule has 1 aliphatic carbocycles. The smallest absolute Gasteiger partial charge is 0.408 e. The number of allylic oxidation sites excluding steroid dienone is 1. The van der Waals surface area contributed by atoms with Crippen molar-refractivity contribution in [3.8, 4) is 17.4 Å². The molecule has 0 bridgehead atoms. The average Bonchev–Trinajstić information content (AvgIpc) is 3.42. The van der Waals surface area contributed by atoms with E-state index in [2.05, 4.69) is 38.9 Å². The predicted molar refractivity (Wildman–Crippen MR) is 185 cm³/mol. The second-order valence-electron chi connectivity index (χ2n) is 13.7. The summed E-state index contributed by atoms with van der Waals surface area (Å²) in [5, 5.41) is 21.3. The highest BCUT2D eigenvalue weighted by Gasteiger charge is 2.61. The molecule has 3 aromatic rings. The Kier molecular flexibility index (Phi) is 10.9. The molecule has 2 fully saturated rings. The molecular weight excluding hydrogens is 664 g/mol. The number of carbonyl (C=O) groups excluding carboxylic acids is 3. The molecule has 5 rings (SSSR count). The van der Waals surface area contributed by atoms with Crippen LogP contribution in [0.5, 0.6) is 5.88 Å². The summed E-state index contributed by atoms with van der Waals surface area (Å²) in [4.78, 5) is 64.0. The maximum absolute atomic E-state index is 14.4. The molecule has 3 amide bonds. The van der Waals surface area contributed by atoms with Gasteiger partial charge in [0, 0.05) is 18.4 Å². The second-order valence-corrected chi connectivity index (χ2v) is 14.6. The largest absolute Gasteiger partial charge is 0.479 e. The molecule has 1 saturated carbocycles. The Balaban J connectivity index is 1.43. The number of alkyl carbamates (subject to hydrolysis) is 1. The number of aromatic nitrogens is 3. The summed E-state index contributed by atoms with van der Waals surface area (Å²) < 4.78 is 17.8. The molecule has 4 heterocycles. The van der Waals surface area contributed by atoms with Gasteiger partial charge < -0.3 is 34.6 Å². The van der Waals surface area contributed by atoms with Crippen molar-refractivity contribution < 1.29 is 38.3 Å². The summed E-state index contributed by atoms with van der Waals surface area (Å²) >= 11 is 1.38. The Morgan fingerprint density at radius 3 is 2.64 bits per heavy atom. The van der Waals surface area contributed by atoms with E-state index in [9.17, 15) is 24.3 Å². The van der Waals surface area contributed by atoms with Crippen LogP contribution in [0.3, 0.4) is 0 Å². The number of carboxylic acids is 1. The molecular formula is C35H44N6O8S. The first-order chi connectivity index (χ1) is 23.7. The lowest BCUT2D eigenvalue weighted by molar-refractivity contribution is -0.145. The summed E-state index contributed by atoms with van der Waals surface area (Å²) in [5.41, 5.74) is -1.26. The molecule has 14 nitrogen and oxygen atoms in total. The monoisotopic (exact) mass is 708 g/mol. The van der Waals surface area contributed by atoms with E-state index < -0.39 is 59.1 Å². The standard InChI is InChI=1S/C35H44N6O8S/c1-7-9-10-11-12-13-24(37-33(46)48-34(4,5)6)31(43)41-19-22(17-26(41)29(42)39-35(32(44)45)18-21(35)8-2)47-30-27-23(14-15-50-27)36-28(38-30)25-16-20(3)49-40-25/h7-8,14-16,21-22,24,26H,1-2,9-13,17-19H2,3-6H3,(H,37,46)(H,39,42)(H,44,45)/t21-,22-,24+,26-,35-/m1/s1. The molecule has 268 valence electrons. The highest BCUT2D eigenvalue weighted by molar-refractivity contribution is 7.17. The number of carbonyl (C=O) groups is 4. The van der Waals surface area contributed by atoms with Crippen LogP contribution in [0.25, 0.3) is 21.7 Å². The second kappa shape index (κ2) is 15.0. The predicted octanol–water partition coefficient (Wildman–Crippen LogP) is 5.18. The van der Waals surface area contributed by atoms with Gasteiger partial charge >= 0.3 is 12.1 Å². The zero-order valence-corrected chi connectivity index (χ0v) is 29.6. The average molecular weight is 709 g/mol. The Morgan fingerprint density at radius 2 is 2.00 bits per heavy atom. The van der Waals surface area contributed by atoms with Gasteiger partial charge in [0.15, 0.2) is 11.5 Å². The fourth-order valence-electron chi connectivity index (χ4n) is 6.08. The van der Waals surface area contributed by atoms with Crippen molar-refractivity contribution in [1.82, 2.24) is 30.7 Å². The number of nitrogens with one attached hydrogen (secondary N) is 2. The highest BCUT2D eigenvalue weighted by Crippen LogP contribution is 2.45. The van der Waals surface area contributed by atoms with Gasteiger partial charge in [0.05, 0.1) is 12.1 Å². The number of amides is 3. The molecule has 0 aromatic carbocycles. The van der Waals surface area contributed by atoms with Crippen molar-refractivity contribution in [3.05, 3.63) is 48.6 Å². The van der Waals surface area contributed by atoms with Crippen LogP contribution in [-0.4, -0.2) is 84.9 Å². The van der Waals surface area contributed by atoms with Crippen molar-refractivity contribution in [2.45, 2.75) is 102 Å². The van der Waals surface area contributed by atoms with Crippen LogP contribution >= 0.6 is 11.3 Å². The molecule has 0 unspecified atom stereocenters. The summed E-state index contributed by atoms with van der Waals surface area (Å²) in [5.74, 6) is -1.66. The third-order valence-corrected chi connectivity index (χ3v) is 9.57. The van der Waals surface area contributed by atoms with E-state index in [1.165, 1.54) is 22.3 Å². The molecule has 3 aromatic heterocycles. The number of fused-ring (bicyclic) bond motifs is 1. The third kappa shape index (κ3) is 8.32. The molecule has 2 aliphatic rings. The number of thiophene rings is 1. The van der Waals surface area contributed by atoms with E-state index in [1.54, 1.807) is 33.8 Å². The maximum Gasteiger partial charge on any atom is 0.408 e. The first-order valence-electron chi connectivity index (χ1n) is 16.7. The van der Waals surface area contributed by atoms with Crippen molar-refractivity contribution in [1.29, 1.82) is 0 Å². The van der Waals surface area contributed by atoms with Crippen LogP contribution in [0.1, 0.15) is 71.5 Å². The van der Waals surface area contributed by atoms with Gasteiger partial charge in [-0.2, -0.15) is 4.98 Å². The van der Waals surface area contributed by atoms with Crippen LogP contribution < -0.4 is 15.4 Å². The number of hydrogen-bond acceptors (Lipinski definition) is 11. The summed E-state index contributed by atoms with van der Waals surface area (Å²) in [7, 11) is 0. The van der Waals surface area contributed by atoms with Gasteiger partial charge in [0.1, 0.15) is 39.8 Å². The molecule has 1 saturated heterocycles. The van der Waals surface area contributed by atoms with Crippen molar-refractivity contribution in [2.24, 2.45) is 5.92 Å². The number of hydrogen-bond donors (Lipinski definition) is 3. The molecule has 50 heavy (non-hydrogen) atoms. The minimum Gasteiger partial charge on any atom is -0.479 e. The van der Waals surface area contributed by atoms with E-state index in [1.807, 2.05) is 17.5 Å². The number of likely N-dealkylation sites (tertiary alicyclic amines) is 1. The molecule has 5 atom stereocenters. The topological polar surface area (TPSA) is 186 Å². The lowest BCUT2D eigenvalue weighted by atomic mass is 10.0. The number of aliphatic carboxylic acids is 1. The van der Waals surface area contributed by atoms with Crippen LogP contribution in [0.2, 0.25) is 0 Å². The fraction of sp³-hybridized carbons (Fsp3) is 0.514. The highest BCUT2D eigenvalue weighted by atomic mass is 32.1. The van der Waals surface area contributed by atoms with Crippen LogP contribution in [0.4, 0.5) is 4.79 Å². The summed E-state index contributed by atoms with van der Waals surface area (Å²) in [6.45, 7) is 14.4. The van der Waals surface area contributed by atoms with Crippen molar-refractivity contribution >= 4 is 45.4 Å². The number of ether oxygens (including phenoxy) is 2. The fourth-order valence-corrected chi connectivity index (χ4v) is 6.84. The number of aryl methyl sites for hydroxylation is 1. The Labute approximate surface area is 294 Å². The van der Waals surface area contributed by atoms with Gasteiger partial charge in [-0.3, -0.25) is 9.59 Å². The first kappa shape index (κ1) is 36.5. The van der Waals surface area contributed by atoms with Gasteiger partial charge in [0.2, 0.25) is 17.7 Å². The van der Waals surface area contributed by atoms with Gasteiger partial charge in [0.25, 0.3) is 0 Å². The Bertz CT molecular complexity index is 1760. The SMILES string of the molecule is C=CCCCCC[C@H](NC(=O)OC(C)(C)C)C(=O)N1C[C@H](Oc2nc(-c3cc(C)on3)nc3ccsc23)C[C@@H]1C(=O)N[C@]1(C(=O)O)C[C@H]1C=C. The van der Waals surface area contributed by atoms with Crippen LogP contribution in [0.15, 0.2) is 47.3 Å². The van der Waals surface area contributed by atoms with Crippen LogP contribution in [0, 0.1) is 12.8 Å². The first-order valence-corrected chi connectivity index (χ1v) is 17.6. The Hall–Kier alpha value is -4.79. The van der Waals surface area contributed by atoms with E-state index in [4.69, 9.17) is 14.0 Å². The van der Waals surface area contributed by atoms with E-state index >= 15 is 0 Å². The van der Waals surface area contributed by atoms with Gasteiger partial charge in [-0.15, -0.1) is 24.5 Å². The molecule has 0 spiro atoms. The van der Waals surface area contributed by atoms with Crippen molar-refractivity contribution in [2.75, 3.05) is 6.54 Å². The summed E-state index contributed by atoms with van der Waals surface area (Å²) in [6, 6.07) is 1.42. The third-order valence-electron chi connectivity index (χ3n) is 8.67.